The number of carbonyl (C=O) groups is 3. The molecule has 0 fully saturated rings. The quantitative estimate of drug-likeness (QED) is 0.0852. The zero-order chi connectivity index (χ0) is 40.6. The second kappa shape index (κ2) is 16.3. The van der Waals surface area contributed by atoms with E-state index < -0.39 is 17.6 Å². The Morgan fingerprint density at radius 1 is 0.947 bits per heavy atom. The Morgan fingerprint density at radius 2 is 1.65 bits per heavy atom. The first-order valence-electron chi connectivity index (χ1n) is 18.4. The highest BCUT2D eigenvalue weighted by atomic mass is 35.5. The van der Waals surface area contributed by atoms with Crippen molar-refractivity contribution in [3.05, 3.63) is 121 Å². The summed E-state index contributed by atoms with van der Waals surface area (Å²) < 4.78 is 8.16. The van der Waals surface area contributed by atoms with Crippen molar-refractivity contribution in [2.24, 2.45) is 4.99 Å². The fourth-order valence-corrected chi connectivity index (χ4v) is 8.57. The van der Waals surface area contributed by atoms with Crippen molar-refractivity contribution in [3.63, 3.8) is 0 Å². The molecular formula is C42H41Cl2N7O5S. The van der Waals surface area contributed by atoms with Crippen LogP contribution in [0.15, 0.2) is 71.9 Å². The van der Waals surface area contributed by atoms with Gasteiger partial charge in [0.15, 0.2) is 5.82 Å². The highest BCUT2D eigenvalue weighted by molar-refractivity contribution is 7.15. The molecule has 7 rings (SSSR count). The number of thiophene rings is 1. The minimum Gasteiger partial charge on any atom is -0.478 e. The molecule has 3 aromatic carbocycles. The molecule has 57 heavy (non-hydrogen) atoms. The Labute approximate surface area is 343 Å². The molecule has 1 atom stereocenters. The summed E-state index contributed by atoms with van der Waals surface area (Å²) in [5.74, 6) is -0.199. The number of nitrogens with one attached hydrogen (secondary N) is 3. The number of fused-ring (bicyclic) bond motifs is 4. The lowest BCUT2D eigenvalue weighted by Crippen LogP contribution is -2.34. The van der Waals surface area contributed by atoms with Crippen molar-refractivity contribution in [3.8, 4) is 16.1 Å². The van der Waals surface area contributed by atoms with Crippen molar-refractivity contribution in [1.29, 1.82) is 0 Å². The molecule has 6 aromatic rings. The SMILES string of the molecule is Cc1sc2c(c1C)C(c1ccc(Cl)cc1)=N[C@@H](CC(=O)NCCC(=O)NCCOC(C)(C)c1ccc(-c3cc4c(C(=O)O)c[nH]c4cc3Cl)cc1)c1nnc(C)n1-2. The van der Waals surface area contributed by atoms with Gasteiger partial charge in [-0.25, -0.2) is 4.79 Å². The first-order valence-corrected chi connectivity index (χ1v) is 20.0. The number of carbonyl (C=O) groups excluding carboxylic acids is 2. The minimum atomic E-state index is -1.02. The van der Waals surface area contributed by atoms with E-state index in [0.29, 0.717) is 32.6 Å². The van der Waals surface area contributed by atoms with Crippen molar-refractivity contribution < 1.29 is 24.2 Å². The van der Waals surface area contributed by atoms with E-state index in [1.54, 1.807) is 23.5 Å². The smallest absolute Gasteiger partial charge is 0.337 e. The van der Waals surface area contributed by atoms with E-state index >= 15 is 0 Å². The number of nitrogens with zero attached hydrogens (tertiary/aromatic N) is 4. The van der Waals surface area contributed by atoms with Crippen LogP contribution in [0.4, 0.5) is 0 Å². The van der Waals surface area contributed by atoms with Gasteiger partial charge in [0.2, 0.25) is 11.8 Å². The number of hydrogen-bond donors (Lipinski definition) is 4. The molecule has 1 aliphatic heterocycles. The average molecular weight is 827 g/mol. The van der Waals surface area contributed by atoms with Gasteiger partial charge in [0.1, 0.15) is 16.9 Å². The van der Waals surface area contributed by atoms with Gasteiger partial charge in [-0.3, -0.25) is 19.1 Å². The molecule has 12 nitrogen and oxygen atoms in total. The van der Waals surface area contributed by atoms with Gasteiger partial charge >= 0.3 is 5.97 Å². The van der Waals surface area contributed by atoms with Gasteiger partial charge in [-0.2, -0.15) is 0 Å². The number of ether oxygens (including phenoxy) is 1. The lowest BCUT2D eigenvalue weighted by molar-refractivity contribution is -0.122. The van der Waals surface area contributed by atoms with Gasteiger partial charge < -0.3 is 25.5 Å². The Balaban J connectivity index is 0.917. The number of amides is 2. The van der Waals surface area contributed by atoms with Crippen LogP contribution in [0.3, 0.4) is 0 Å². The number of carboxylic acids is 1. The summed E-state index contributed by atoms with van der Waals surface area (Å²) in [6, 6.07) is 18.1. The molecule has 0 aliphatic carbocycles. The van der Waals surface area contributed by atoms with Gasteiger partial charge in [0.25, 0.3) is 0 Å². The summed E-state index contributed by atoms with van der Waals surface area (Å²) >= 11 is 14.4. The Morgan fingerprint density at radius 3 is 2.37 bits per heavy atom. The normalized spacial score (nSPS) is 13.8. The summed E-state index contributed by atoms with van der Waals surface area (Å²) in [6.45, 7) is 10.6. The number of aromatic nitrogens is 4. The molecule has 4 N–H and O–H groups in total. The predicted molar refractivity (Wildman–Crippen MR) is 223 cm³/mol. The average Bonchev–Trinajstić information content (AvgIpc) is 3.83. The van der Waals surface area contributed by atoms with Gasteiger partial charge in [-0.1, -0.05) is 59.6 Å². The van der Waals surface area contributed by atoms with E-state index in [1.807, 2.05) is 73.9 Å². The first-order chi connectivity index (χ1) is 27.2. The largest absolute Gasteiger partial charge is 0.478 e. The van der Waals surface area contributed by atoms with E-state index in [0.717, 1.165) is 49.0 Å². The first kappa shape index (κ1) is 39.9. The van der Waals surface area contributed by atoms with E-state index in [9.17, 15) is 19.5 Å². The fourth-order valence-electron chi connectivity index (χ4n) is 6.96. The third-order valence-electron chi connectivity index (χ3n) is 10.2. The Bertz CT molecular complexity index is 2540. The molecule has 0 radical (unpaired) electrons. The molecule has 3 aromatic heterocycles. The van der Waals surface area contributed by atoms with Gasteiger partial charge in [-0.15, -0.1) is 21.5 Å². The zero-order valence-corrected chi connectivity index (χ0v) is 34.3. The van der Waals surface area contributed by atoms with Gasteiger partial charge in [-0.05, 0) is 75.6 Å². The summed E-state index contributed by atoms with van der Waals surface area (Å²) in [6.07, 6.45) is 1.58. The van der Waals surface area contributed by atoms with Crippen LogP contribution in [0.1, 0.15) is 81.9 Å². The molecule has 4 heterocycles. The fraction of sp³-hybridized carbons (Fsp3) is 0.286. The highest BCUT2D eigenvalue weighted by Crippen LogP contribution is 2.40. The van der Waals surface area contributed by atoms with E-state index in [-0.39, 0.29) is 49.9 Å². The lowest BCUT2D eigenvalue weighted by atomic mass is 9.94. The summed E-state index contributed by atoms with van der Waals surface area (Å²) in [4.78, 5) is 46.9. The topological polar surface area (TPSA) is 164 Å². The summed E-state index contributed by atoms with van der Waals surface area (Å²) in [7, 11) is 0. The third kappa shape index (κ3) is 8.24. The van der Waals surface area contributed by atoms with Crippen molar-refractivity contribution in [2.75, 3.05) is 19.7 Å². The van der Waals surface area contributed by atoms with E-state index in [4.69, 9.17) is 32.9 Å². The second-order valence-corrected chi connectivity index (χ2v) is 16.4. The lowest BCUT2D eigenvalue weighted by Gasteiger charge is -2.26. The monoisotopic (exact) mass is 825 g/mol. The molecule has 294 valence electrons. The molecular weight excluding hydrogens is 785 g/mol. The predicted octanol–water partition coefficient (Wildman–Crippen LogP) is 8.26. The van der Waals surface area contributed by atoms with Gasteiger partial charge in [0.05, 0.1) is 34.9 Å². The Kier molecular flexibility index (Phi) is 11.4. The van der Waals surface area contributed by atoms with Crippen LogP contribution in [-0.4, -0.2) is 68.0 Å². The van der Waals surface area contributed by atoms with Gasteiger partial charge in [0, 0.05) is 63.2 Å². The minimum absolute atomic E-state index is 0.0224. The number of aromatic amines is 1. The number of rotatable bonds is 13. The van der Waals surface area contributed by atoms with Crippen molar-refractivity contribution in [1.82, 2.24) is 30.4 Å². The van der Waals surface area contributed by atoms with Crippen LogP contribution in [0.2, 0.25) is 10.0 Å². The van der Waals surface area contributed by atoms with Crippen LogP contribution in [0.5, 0.6) is 0 Å². The molecule has 0 spiro atoms. The van der Waals surface area contributed by atoms with Crippen molar-refractivity contribution in [2.45, 2.75) is 59.1 Å². The number of carboxylic acid groups (broad SMARTS) is 1. The number of aliphatic imine (C=N–C) groups is 1. The molecule has 2 amide bonds. The highest BCUT2D eigenvalue weighted by Gasteiger charge is 2.32. The van der Waals surface area contributed by atoms with Crippen LogP contribution in [-0.2, 0) is 19.9 Å². The second-order valence-electron chi connectivity index (χ2n) is 14.4. The van der Waals surface area contributed by atoms with Crippen LogP contribution < -0.4 is 10.6 Å². The maximum atomic E-state index is 13.3. The maximum absolute atomic E-state index is 13.3. The zero-order valence-electron chi connectivity index (χ0n) is 32.0. The number of hydrogen-bond acceptors (Lipinski definition) is 8. The summed E-state index contributed by atoms with van der Waals surface area (Å²) in [5.41, 5.74) is 6.38. The third-order valence-corrected chi connectivity index (χ3v) is 11.9. The number of halogens is 2. The number of aryl methyl sites for hydroxylation is 2. The summed E-state index contributed by atoms with van der Waals surface area (Å²) in [5, 5.41) is 26.8. The van der Waals surface area contributed by atoms with Crippen LogP contribution in [0.25, 0.3) is 27.0 Å². The molecule has 0 saturated heterocycles. The van der Waals surface area contributed by atoms with Crippen LogP contribution >= 0.6 is 34.5 Å². The number of benzene rings is 3. The maximum Gasteiger partial charge on any atom is 0.337 e. The van der Waals surface area contributed by atoms with Crippen LogP contribution in [0, 0.1) is 20.8 Å². The number of aromatic carboxylic acids is 1. The van der Waals surface area contributed by atoms with Crippen molar-refractivity contribution >= 4 is 68.9 Å². The standard InChI is InChI=1S/C42H41Cl2N7O5S/c1-22-23(2)57-40-37(22)38(26-8-12-28(43)13-9-26)48-34(39-50-49-24(3)51(39)40)20-36(53)45-15-14-35(52)46-16-17-56-42(4,5)27-10-6-25(7-11-27)29-18-30-31(41(54)55)21-47-33(30)19-32(29)44/h6-13,18-19,21,34,47H,14-17,20H2,1-5H3,(H,45,53)(H,46,52)(H,54,55)/t34-/m0/s1. The van der Waals surface area contributed by atoms with E-state index in [1.165, 1.54) is 6.20 Å². The van der Waals surface area contributed by atoms with E-state index in [2.05, 4.69) is 39.7 Å². The number of H-pyrrole nitrogens is 1. The molecule has 0 saturated carbocycles. The molecule has 0 bridgehead atoms. The molecule has 15 heteroatoms. The molecule has 1 aliphatic rings. The molecule has 0 unspecified atom stereocenters. The Hall–Kier alpha value is -5.34.